The summed E-state index contributed by atoms with van der Waals surface area (Å²) < 4.78 is 6.03. The number of piperidine rings is 2. The Hall–Kier alpha value is -3.19. The fourth-order valence-corrected chi connectivity index (χ4v) is 7.53. The van der Waals surface area contributed by atoms with Crippen LogP contribution in [0.2, 0.25) is 0 Å². The Balaban J connectivity index is 0.921. The molecule has 7 heteroatoms. The van der Waals surface area contributed by atoms with Gasteiger partial charge in [0.15, 0.2) is 5.78 Å². The third-order valence-corrected chi connectivity index (χ3v) is 10.2. The van der Waals surface area contributed by atoms with Crippen LogP contribution in [-0.2, 0) is 16.1 Å². The van der Waals surface area contributed by atoms with Crippen molar-refractivity contribution in [2.75, 3.05) is 39.3 Å². The molecule has 7 nitrogen and oxygen atoms in total. The van der Waals surface area contributed by atoms with E-state index in [0.717, 1.165) is 83.1 Å². The number of nitrogens with zero attached hydrogens (tertiary/aromatic N) is 3. The molecule has 0 unspecified atom stereocenters. The molecule has 0 bridgehead atoms. The molecule has 2 amide bonds. The molecule has 0 atom stereocenters. The van der Waals surface area contributed by atoms with Gasteiger partial charge < -0.3 is 14.5 Å². The molecule has 2 aromatic carbocycles. The Kier molecular flexibility index (Phi) is 8.66. The van der Waals surface area contributed by atoms with E-state index < -0.39 is 0 Å². The predicted octanol–water partition coefficient (Wildman–Crippen LogP) is 5.71. The minimum Gasteiger partial charge on any atom is -0.441 e. The zero-order valence-corrected chi connectivity index (χ0v) is 25.0. The number of Topliss-reactive ketones (excluding diaryl/α,β-unsaturated/α-hetero) is 1. The Labute approximate surface area is 250 Å². The molecule has 6 rings (SSSR count). The lowest BCUT2D eigenvalue weighted by atomic mass is 9.80. The molecule has 42 heavy (non-hydrogen) atoms. The highest BCUT2D eigenvalue weighted by Gasteiger charge is 2.47. The minimum atomic E-state index is -0.345. The molecule has 224 valence electrons. The number of ether oxygens (including phenoxy) is 1. The van der Waals surface area contributed by atoms with Gasteiger partial charge in [0.1, 0.15) is 5.60 Å². The van der Waals surface area contributed by atoms with Crippen LogP contribution in [0.5, 0.6) is 0 Å². The SMILES string of the molecule is Cc1ccc(CN2CCC3(CC2)CN(CC2CCC(C(=O)N4CCC(C(=O)c5ccccc5)CC4)CC2)C(=O)O3)cc1. The molecule has 1 saturated carbocycles. The fraction of sp³-hybridized carbons (Fsp3) is 0.571. The van der Waals surface area contributed by atoms with Gasteiger partial charge in [0.2, 0.25) is 5.91 Å². The molecule has 2 aromatic rings. The summed E-state index contributed by atoms with van der Waals surface area (Å²) in [4.78, 5) is 45.4. The summed E-state index contributed by atoms with van der Waals surface area (Å²) in [6, 6.07) is 18.3. The summed E-state index contributed by atoms with van der Waals surface area (Å²) in [6.45, 7) is 7.72. The smallest absolute Gasteiger partial charge is 0.410 e. The largest absolute Gasteiger partial charge is 0.441 e. The first kappa shape index (κ1) is 28.9. The van der Waals surface area contributed by atoms with Crippen molar-refractivity contribution in [3.05, 3.63) is 71.3 Å². The number of hydrogen-bond donors (Lipinski definition) is 0. The van der Waals surface area contributed by atoms with Crippen LogP contribution in [0.1, 0.15) is 72.9 Å². The van der Waals surface area contributed by atoms with Crippen LogP contribution in [0.3, 0.4) is 0 Å². The van der Waals surface area contributed by atoms with E-state index in [1.54, 1.807) is 0 Å². The van der Waals surface area contributed by atoms with E-state index in [0.29, 0.717) is 25.6 Å². The maximum atomic E-state index is 13.3. The number of ketones is 1. The molecule has 3 aliphatic heterocycles. The Morgan fingerprint density at radius 1 is 0.833 bits per heavy atom. The maximum Gasteiger partial charge on any atom is 0.410 e. The molecule has 4 aliphatic rings. The van der Waals surface area contributed by atoms with Crippen LogP contribution >= 0.6 is 0 Å². The lowest BCUT2D eigenvalue weighted by molar-refractivity contribution is -0.138. The molecule has 1 aliphatic carbocycles. The predicted molar refractivity (Wildman–Crippen MR) is 162 cm³/mol. The van der Waals surface area contributed by atoms with Gasteiger partial charge >= 0.3 is 6.09 Å². The number of benzene rings is 2. The molecule has 1 spiro atoms. The summed E-state index contributed by atoms with van der Waals surface area (Å²) in [5, 5.41) is 0. The van der Waals surface area contributed by atoms with E-state index in [9.17, 15) is 14.4 Å². The molecule has 3 heterocycles. The summed E-state index contributed by atoms with van der Waals surface area (Å²) in [5.41, 5.74) is 3.04. The summed E-state index contributed by atoms with van der Waals surface area (Å²) in [5.74, 6) is 0.968. The van der Waals surface area contributed by atoms with E-state index >= 15 is 0 Å². The summed E-state index contributed by atoms with van der Waals surface area (Å²) >= 11 is 0. The number of amides is 2. The summed E-state index contributed by atoms with van der Waals surface area (Å²) in [6.07, 6.45) is 6.82. The van der Waals surface area contributed by atoms with Gasteiger partial charge in [-0.1, -0.05) is 60.2 Å². The molecule has 3 saturated heterocycles. The molecular formula is C35H45N3O4. The highest BCUT2D eigenvalue weighted by Crippen LogP contribution is 2.37. The second-order valence-electron chi connectivity index (χ2n) is 13.2. The minimum absolute atomic E-state index is 0.0103. The van der Waals surface area contributed by atoms with Gasteiger partial charge in [-0.05, 0) is 56.9 Å². The topological polar surface area (TPSA) is 70.2 Å². The van der Waals surface area contributed by atoms with Crippen LogP contribution in [0.25, 0.3) is 0 Å². The van der Waals surface area contributed by atoms with Gasteiger partial charge in [-0.25, -0.2) is 4.79 Å². The van der Waals surface area contributed by atoms with Crippen LogP contribution in [-0.4, -0.2) is 77.4 Å². The van der Waals surface area contributed by atoms with Gasteiger partial charge in [0.05, 0.1) is 6.54 Å². The Morgan fingerprint density at radius 2 is 1.50 bits per heavy atom. The third kappa shape index (κ3) is 6.56. The van der Waals surface area contributed by atoms with Crippen molar-refractivity contribution >= 4 is 17.8 Å². The highest BCUT2D eigenvalue weighted by atomic mass is 16.6. The first-order valence-corrected chi connectivity index (χ1v) is 16.0. The van der Waals surface area contributed by atoms with E-state index in [1.807, 2.05) is 40.1 Å². The van der Waals surface area contributed by atoms with Crippen LogP contribution in [0.4, 0.5) is 4.79 Å². The van der Waals surface area contributed by atoms with E-state index in [-0.39, 0.29) is 35.2 Å². The maximum absolute atomic E-state index is 13.3. The lowest BCUT2D eigenvalue weighted by Gasteiger charge is -2.38. The molecule has 0 N–H and O–H groups in total. The monoisotopic (exact) mass is 571 g/mol. The van der Waals surface area contributed by atoms with Gasteiger partial charge in [0.25, 0.3) is 0 Å². The van der Waals surface area contributed by atoms with Crippen molar-refractivity contribution in [3.8, 4) is 0 Å². The van der Waals surface area contributed by atoms with Crippen molar-refractivity contribution in [2.45, 2.75) is 70.4 Å². The highest BCUT2D eigenvalue weighted by molar-refractivity contribution is 5.98. The van der Waals surface area contributed by atoms with Gasteiger partial charge in [-0.2, -0.15) is 0 Å². The fourth-order valence-electron chi connectivity index (χ4n) is 7.53. The molecular weight excluding hydrogens is 526 g/mol. The normalized spacial score (nSPS) is 25.0. The Bertz CT molecular complexity index is 1240. The van der Waals surface area contributed by atoms with Gasteiger partial charge in [-0.3, -0.25) is 14.5 Å². The number of carbonyl (C=O) groups is 3. The van der Waals surface area contributed by atoms with Crippen LogP contribution < -0.4 is 0 Å². The van der Waals surface area contributed by atoms with Crippen molar-refractivity contribution < 1.29 is 19.1 Å². The van der Waals surface area contributed by atoms with Crippen molar-refractivity contribution in [3.63, 3.8) is 0 Å². The van der Waals surface area contributed by atoms with Gasteiger partial charge in [0, 0.05) is 69.5 Å². The number of aryl methyl sites for hydroxylation is 1. The molecule has 0 aromatic heterocycles. The standard InChI is InChI=1S/C35H45N3O4/c1-26-7-9-27(10-8-26)23-36-21-17-35(18-22-36)25-38(34(41)42-35)24-28-11-13-31(14-12-28)33(40)37-19-15-30(16-20-37)32(39)29-5-3-2-4-6-29/h2-10,28,30-31H,11-25H2,1H3. The average molecular weight is 572 g/mol. The zero-order chi connectivity index (χ0) is 29.1. The zero-order valence-electron chi connectivity index (χ0n) is 25.0. The van der Waals surface area contributed by atoms with Crippen LogP contribution in [0, 0.1) is 24.7 Å². The number of rotatable bonds is 7. The molecule has 4 fully saturated rings. The number of hydrogen-bond acceptors (Lipinski definition) is 5. The third-order valence-electron chi connectivity index (χ3n) is 10.2. The number of likely N-dealkylation sites (tertiary alicyclic amines) is 2. The van der Waals surface area contributed by atoms with E-state index in [1.165, 1.54) is 11.1 Å². The van der Waals surface area contributed by atoms with Crippen molar-refractivity contribution in [2.24, 2.45) is 17.8 Å². The molecule has 0 radical (unpaired) electrons. The van der Waals surface area contributed by atoms with E-state index in [2.05, 4.69) is 36.1 Å². The average Bonchev–Trinajstić information content (AvgIpc) is 3.33. The lowest BCUT2D eigenvalue weighted by Crippen LogP contribution is -2.47. The van der Waals surface area contributed by atoms with Crippen LogP contribution in [0.15, 0.2) is 54.6 Å². The van der Waals surface area contributed by atoms with Crippen molar-refractivity contribution in [1.29, 1.82) is 0 Å². The van der Waals surface area contributed by atoms with E-state index in [4.69, 9.17) is 4.74 Å². The number of carbonyl (C=O) groups excluding carboxylic acids is 3. The second-order valence-corrected chi connectivity index (χ2v) is 13.2. The second kappa shape index (κ2) is 12.6. The van der Waals surface area contributed by atoms with Crippen molar-refractivity contribution in [1.82, 2.24) is 14.7 Å². The Morgan fingerprint density at radius 3 is 2.17 bits per heavy atom. The first-order chi connectivity index (χ1) is 20.4. The quantitative estimate of drug-likeness (QED) is 0.398. The van der Waals surface area contributed by atoms with Gasteiger partial charge in [-0.15, -0.1) is 0 Å². The first-order valence-electron chi connectivity index (χ1n) is 16.0. The summed E-state index contributed by atoms with van der Waals surface area (Å²) in [7, 11) is 0.